The van der Waals surface area contributed by atoms with Crippen molar-refractivity contribution in [2.75, 3.05) is 0 Å². The van der Waals surface area contributed by atoms with Gasteiger partial charge in [0.15, 0.2) is 6.29 Å². The van der Waals surface area contributed by atoms with E-state index < -0.39 is 8.32 Å². The molecule has 3 heteroatoms. The quantitative estimate of drug-likeness (QED) is 0.497. The van der Waals surface area contributed by atoms with Gasteiger partial charge >= 0.3 is 8.32 Å². The maximum absolute atomic E-state index is 11.6. The van der Waals surface area contributed by atoms with Gasteiger partial charge in [0.2, 0.25) is 0 Å². The Bertz CT molecular complexity index is 828. The van der Waals surface area contributed by atoms with Crippen molar-refractivity contribution in [2.24, 2.45) is 0 Å². The van der Waals surface area contributed by atoms with Gasteiger partial charge in [0.05, 0.1) is 5.56 Å². The summed E-state index contributed by atoms with van der Waals surface area (Å²) >= 11 is 0. The normalized spacial score (nSPS) is 11.8. The average Bonchev–Trinajstić information content (AvgIpc) is 2.67. The smallest absolute Gasteiger partial charge is 0.319 e. The molecule has 3 aromatic carbocycles. The Morgan fingerprint density at radius 2 is 1.19 bits per heavy atom. The molecule has 0 aliphatic rings. The van der Waals surface area contributed by atoms with Crippen LogP contribution in [0.3, 0.4) is 0 Å². The van der Waals surface area contributed by atoms with Crippen LogP contribution in [0.2, 0.25) is 5.04 Å². The van der Waals surface area contributed by atoms with Crippen LogP contribution in [0.25, 0.3) is 0 Å². The summed E-state index contributed by atoms with van der Waals surface area (Å²) in [5.74, 6) is 0.650. The highest BCUT2D eigenvalue weighted by Gasteiger charge is 2.52. The third-order valence-electron chi connectivity index (χ3n) is 4.73. The first-order valence-electron chi connectivity index (χ1n) is 8.83. The summed E-state index contributed by atoms with van der Waals surface area (Å²) in [6, 6.07) is 28.3. The molecule has 0 spiro atoms. The van der Waals surface area contributed by atoms with E-state index in [2.05, 4.69) is 69.3 Å². The predicted octanol–water partition coefficient (Wildman–Crippen LogP) is 4.44. The molecule has 3 aromatic rings. The minimum atomic E-state index is -2.70. The van der Waals surface area contributed by atoms with E-state index in [1.165, 1.54) is 10.4 Å². The van der Waals surface area contributed by atoms with Crippen LogP contribution in [0.4, 0.5) is 0 Å². The molecule has 0 aliphatic carbocycles. The summed E-state index contributed by atoms with van der Waals surface area (Å²) < 4.78 is 6.87. The summed E-state index contributed by atoms with van der Waals surface area (Å²) in [6.07, 6.45) is 0.868. The molecular weight excluding hydrogens is 336 g/mol. The zero-order chi connectivity index (χ0) is 18.6. The third-order valence-corrected chi connectivity index (χ3v) is 9.66. The first kappa shape index (κ1) is 18.1. The third kappa shape index (κ3) is 3.23. The molecule has 0 fully saturated rings. The van der Waals surface area contributed by atoms with Crippen LogP contribution in [0, 0.1) is 0 Å². The van der Waals surface area contributed by atoms with Crippen LogP contribution in [0.5, 0.6) is 5.75 Å². The maximum Gasteiger partial charge on any atom is 0.319 e. The second kappa shape index (κ2) is 7.30. The number of hydrogen-bond donors (Lipinski definition) is 0. The standard InChI is InChI=1S/C23H24O2Si/c1-23(2,3)26(20-13-6-4-7-14-20,21-15-8-5-9-16-21)25-22-17-11-10-12-19(22)18-24/h4-18H,1-3H3. The van der Waals surface area contributed by atoms with Crippen LogP contribution >= 0.6 is 0 Å². The zero-order valence-corrected chi connectivity index (χ0v) is 16.5. The van der Waals surface area contributed by atoms with Gasteiger partial charge in [0, 0.05) is 0 Å². The minimum Gasteiger partial charge on any atom is -0.533 e. The molecule has 0 saturated carbocycles. The lowest BCUT2D eigenvalue weighted by Gasteiger charge is -2.43. The molecule has 0 N–H and O–H groups in total. The number of benzene rings is 3. The maximum atomic E-state index is 11.6. The van der Waals surface area contributed by atoms with E-state index in [0.29, 0.717) is 11.3 Å². The fourth-order valence-corrected chi connectivity index (χ4v) is 7.93. The minimum absolute atomic E-state index is 0.133. The lowest BCUT2D eigenvalue weighted by Crippen LogP contribution is -2.68. The Morgan fingerprint density at radius 1 is 0.731 bits per heavy atom. The van der Waals surface area contributed by atoms with Crippen molar-refractivity contribution < 1.29 is 9.22 Å². The monoisotopic (exact) mass is 360 g/mol. The van der Waals surface area contributed by atoms with Crippen molar-refractivity contribution >= 4 is 25.0 Å². The molecule has 0 aliphatic heterocycles. The Hall–Kier alpha value is -2.65. The average molecular weight is 361 g/mol. The fourth-order valence-electron chi connectivity index (χ4n) is 3.49. The topological polar surface area (TPSA) is 26.3 Å². The van der Waals surface area contributed by atoms with Crippen LogP contribution in [0.1, 0.15) is 31.1 Å². The molecule has 0 atom stereocenters. The van der Waals surface area contributed by atoms with Crippen molar-refractivity contribution in [1.29, 1.82) is 0 Å². The molecule has 0 saturated heterocycles. The van der Waals surface area contributed by atoms with E-state index in [4.69, 9.17) is 4.43 Å². The molecule has 3 rings (SSSR count). The van der Waals surface area contributed by atoms with Gasteiger partial charge < -0.3 is 4.43 Å². The molecule has 132 valence electrons. The summed E-state index contributed by atoms with van der Waals surface area (Å²) in [5, 5.41) is 2.25. The molecule has 2 nitrogen and oxygen atoms in total. The van der Waals surface area contributed by atoms with Gasteiger partial charge in [-0.3, -0.25) is 4.79 Å². The van der Waals surface area contributed by atoms with Crippen molar-refractivity contribution in [3.63, 3.8) is 0 Å². The van der Waals surface area contributed by atoms with Crippen LogP contribution in [-0.2, 0) is 0 Å². The largest absolute Gasteiger partial charge is 0.533 e. The van der Waals surface area contributed by atoms with Crippen molar-refractivity contribution in [3.8, 4) is 5.75 Å². The lowest BCUT2D eigenvalue weighted by molar-refractivity contribution is 0.112. The highest BCUT2D eigenvalue weighted by molar-refractivity contribution is 7.00. The number of carbonyl (C=O) groups is 1. The molecule has 0 amide bonds. The van der Waals surface area contributed by atoms with Gasteiger partial charge in [-0.05, 0) is 27.5 Å². The van der Waals surface area contributed by atoms with E-state index in [-0.39, 0.29) is 5.04 Å². The SMILES string of the molecule is CC(C)(C)[Si](Oc1ccccc1C=O)(c1ccccc1)c1ccccc1. The summed E-state index contributed by atoms with van der Waals surface area (Å²) in [7, 11) is -2.70. The second-order valence-corrected chi connectivity index (χ2v) is 11.6. The number of hydrogen-bond acceptors (Lipinski definition) is 2. The Balaban J connectivity index is 2.29. The highest BCUT2D eigenvalue weighted by Crippen LogP contribution is 2.38. The molecule has 0 unspecified atom stereocenters. The summed E-state index contributed by atoms with van der Waals surface area (Å²) in [4.78, 5) is 11.6. The summed E-state index contributed by atoms with van der Waals surface area (Å²) in [5.41, 5.74) is 0.584. The van der Waals surface area contributed by atoms with Crippen molar-refractivity contribution in [1.82, 2.24) is 0 Å². The zero-order valence-electron chi connectivity index (χ0n) is 15.5. The predicted molar refractivity (Wildman–Crippen MR) is 110 cm³/mol. The van der Waals surface area contributed by atoms with Gasteiger partial charge in [-0.2, -0.15) is 0 Å². The van der Waals surface area contributed by atoms with Gasteiger partial charge in [-0.1, -0.05) is 93.6 Å². The van der Waals surface area contributed by atoms with Gasteiger partial charge in [0.1, 0.15) is 5.75 Å². The van der Waals surface area contributed by atoms with E-state index in [9.17, 15) is 4.79 Å². The lowest BCUT2D eigenvalue weighted by atomic mass is 10.2. The van der Waals surface area contributed by atoms with Crippen LogP contribution in [0.15, 0.2) is 84.9 Å². The highest BCUT2D eigenvalue weighted by atomic mass is 28.4. The first-order chi connectivity index (χ1) is 12.5. The van der Waals surface area contributed by atoms with Gasteiger partial charge in [-0.15, -0.1) is 0 Å². The van der Waals surface area contributed by atoms with E-state index in [0.717, 1.165) is 6.29 Å². The number of aldehydes is 1. The first-order valence-corrected chi connectivity index (χ1v) is 10.7. The Labute approximate surface area is 156 Å². The van der Waals surface area contributed by atoms with E-state index in [1.54, 1.807) is 6.07 Å². The van der Waals surface area contributed by atoms with Gasteiger partial charge in [0.25, 0.3) is 0 Å². The van der Waals surface area contributed by atoms with Crippen LogP contribution in [-0.4, -0.2) is 14.6 Å². The summed E-state index contributed by atoms with van der Waals surface area (Å²) in [6.45, 7) is 6.67. The molecular formula is C23H24O2Si. The molecule has 0 radical (unpaired) electrons. The van der Waals surface area contributed by atoms with Gasteiger partial charge in [-0.25, -0.2) is 0 Å². The van der Waals surface area contributed by atoms with Crippen molar-refractivity contribution in [3.05, 3.63) is 90.5 Å². The number of rotatable bonds is 5. The fraction of sp³-hybridized carbons (Fsp3) is 0.174. The molecule has 0 aromatic heterocycles. The Morgan fingerprint density at radius 3 is 1.65 bits per heavy atom. The number of carbonyl (C=O) groups excluding carboxylic acids is 1. The molecule has 0 bridgehead atoms. The van der Waals surface area contributed by atoms with E-state index >= 15 is 0 Å². The number of para-hydroxylation sites is 1. The van der Waals surface area contributed by atoms with E-state index in [1.807, 2.05) is 30.3 Å². The van der Waals surface area contributed by atoms with Crippen molar-refractivity contribution in [2.45, 2.75) is 25.8 Å². The molecule has 0 heterocycles. The second-order valence-electron chi connectivity index (χ2n) is 7.42. The molecule has 26 heavy (non-hydrogen) atoms. The van der Waals surface area contributed by atoms with Crippen LogP contribution < -0.4 is 14.8 Å². The Kier molecular flexibility index (Phi) is 5.10.